The van der Waals surface area contributed by atoms with Gasteiger partial charge < -0.3 is 4.74 Å². The molecule has 0 amide bonds. The molecule has 2 aliphatic rings. The van der Waals surface area contributed by atoms with E-state index in [-0.39, 0.29) is 19.4 Å². The van der Waals surface area contributed by atoms with Gasteiger partial charge in [-0.05, 0) is 49.2 Å². The van der Waals surface area contributed by atoms with Crippen molar-refractivity contribution < 1.29 is 43.5 Å². The number of nitrogens with zero attached hydrogens (tertiary/aromatic N) is 1. The molecule has 1 saturated heterocycles. The molecule has 0 aliphatic carbocycles. The predicted octanol–water partition coefficient (Wildman–Crippen LogP) is 3.47. The molecule has 6 nitrogen and oxygen atoms in total. The molecule has 180 valence electrons. The second-order valence-electron chi connectivity index (χ2n) is 7.95. The third-order valence-electron chi connectivity index (χ3n) is 6.08. The number of rotatable bonds is 3. The Hall–Kier alpha value is -2.25. The average molecular weight is 511 g/mol. The summed E-state index contributed by atoms with van der Waals surface area (Å²) in [4.78, 5) is -0.577. The van der Waals surface area contributed by atoms with E-state index in [0.717, 1.165) is 28.8 Å². The molecule has 13 heteroatoms. The summed E-state index contributed by atoms with van der Waals surface area (Å²) in [5.41, 5.74) is -1.76. The lowest BCUT2D eigenvalue weighted by atomic mass is 9.81. The van der Waals surface area contributed by atoms with Gasteiger partial charge in [0.05, 0.1) is 28.3 Å². The number of hydrogen-bond acceptors (Lipinski definition) is 5. The smallest absolute Gasteiger partial charge is 0.416 e. The Morgan fingerprint density at radius 1 is 1.00 bits per heavy atom. The first-order valence-corrected chi connectivity index (χ1v) is 13.0. The van der Waals surface area contributed by atoms with E-state index < -0.39 is 76.8 Å². The lowest BCUT2D eigenvalue weighted by Crippen LogP contribution is -2.64. The molecule has 33 heavy (non-hydrogen) atoms. The van der Waals surface area contributed by atoms with Crippen molar-refractivity contribution in [2.75, 3.05) is 19.4 Å². The number of piperidine rings is 1. The minimum Gasteiger partial charge on any atom is -0.488 e. The molecule has 2 aliphatic heterocycles. The van der Waals surface area contributed by atoms with E-state index in [0.29, 0.717) is 18.2 Å². The molecule has 0 N–H and O–H groups in total. The highest BCUT2D eigenvalue weighted by Gasteiger charge is 2.62. The van der Waals surface area contributed by atoms with Crippen molar-refractivity contribution in [1.82, 2.24) is 4.31 Å². The fourth-order valence-electron chi connectivity index (χ4n) is 4.67. The van der Waals surface area contributed by atoms with Gasteiger partial charge in [-0.3, -0.25) is 0 Å². The van der Waals surface area contributed by atoms with Crippen molar-refractivity contribution in [3.63, 3.8) is 0 Å². The Balaban J connectivity index is 2.02. The second kappa shape index (κ2) is 7.64. The van der Waals surface area contributed by atoms with Gasteiger partial charge in [0.1, 0.15) is 17.2 Å². The molecule has 2 atom stereocenters. The quantitative estimate of drug-likeness (QED) is 0.590. The first kappa shape index (κ1) is 23.9. The third kappa shape index (κ3) is 3.60. The maximum Gasteiger partial charge on any atom is 0.416 e. The summed E-state index contributed by atoms with van der Waals surface area (Å²) < 4.78 is 125. The molecule has 2 heterocycles. The fourth-order valence-corrected chi connectivity index (χ4v) is 8.24. The number of sulfone groups is 1. The van der Waals surface area contributed by atoms with Crippen LogP contribution in [0.3, 0.4) is 0 Å². The van der Waals surface area contributed by atoms with E-state index in [1.807, 2.05) is 0 Å². The molecule has 2 aromatic carbocycles. The summed E-state index contributed by atoms with van der Waals surface area (Å²) in [5.74, 6) is -2.82. The molecular weight excluding hydrogens is 493 g/mol. The van der Waals surface area contributed by atoms with Crippen LogP contribution < -0.4 is 4.74 Å². The maximum atomic E-state index is 15.1. The highest BCUT2D eigenvalue weighted by molar-refractivity contribution is 7.92. The molecule has 1 fully saturated rings. The lowest BCUT2D eigenvalue weighted by molar-refractivity contribution is -0.137. The van der Waals surface area contributed by atoms with Gasteiger partial charge in [0.15, 0.2) is 21.4 Å². The monoisotopic (exact) mass is 511 g/mol. The molecular formula is C20H18F5NO5S2. The zero-order valence-corrected chi connectivity index (χ0v) is 18.7. The van der Waals surface area contributed by atoms with Crippen LogP contribution in [0.1, 0.15) is 24.0 Å². The lowest BCUT2D eigenvalue weighted by Gasteiger charge is -2.50. The molecule has 0 spiro atoms. The highest BCUT2D eigenvalue weighted by atomic mass is 32.2. The second-order valence-corrected chi connectivity index (χ2v) is 12.1. The number of halogens is 5. The first-order valence-electron chi connectivity index (χ1n) is 9.71. The van der Waals surface area contributed by atoms with E-state index >= 15 is 4.39 Å². The minimum atomic E-state index is -4.75. The van der Waals surface area contributed by atoms with Crippen LogP contribution in [0.2, 0.25) is 0 Å². The van der Waals surface area contributed by atoms with E-state index in [1.165, 1.54) is 0 Å². The number of fused-ring (bicyclic) bond motifs is 3. The first-order chi connectivity index (χ1) is 15.2. The Morgan fingerprint density at radius 2 is 1.61 bits per heavy atom. The van der Waals surface area contributed by atoms with Crippen LogP contribution in [0, 0.1) is 11.6 Å². The number of ether oxygens (including phenoxy) is 1. The minimum absolute atomic E-state index is 0.0151. The van der Waals surface area contributed by atoms with Crippen LogP contribution in [-0.2, 0) is 30.8 Å². The predicted molar refractivity (Wildman–Crippen MR) is 107 cm³/mol. The maximum absolute atomic E-state index is 15.1. The summed E-state index contributed by atoms with van der Waals surface area (Å²) in [6.07, 6.45) is -4.17. The van der Waals surface area contributed by atoms with Gasteiger partial charge in [0.2, 0.25) is 10.0 Å². The van der Waals surface area contributed by atoms with Crippen molar-refractivity contribution in [3.05, 3.63) is 59.2 Å². The zero-order valence-electron chi connectivity index (χ0n) is 17.1. The molecule has 0 bridgehead atoms. The Kier molecular flexibility index (Phi) is 5.53. The van der Waals surface area contributed by atoms with Gasteiger partial charge >= 0.3 is 6.18 Å². The molecule has 0 radical (unpaired) electrons. The molecule has 0 unspecified atom stereocenters. The van der Waals surface area contributed by atoms with Gasteiger partial charge in [-0.1, -0.05) is 0 Å². The van der Waals surface area contributed by atoms with E-state index in [9.17, 15) is 34.4 Å². The van der Waals surface area contributed by atoms with Crippen LogP contribution in [-0.4, -0.2) is 46.6 Å². The molecule has 0 aromatic heterocycles. The van der Waals surface area contributed by atoms with Gasteiger partial charge in [-0.15, -0.1) is 0 Å². The normalized spacial score (nSPS) is 24.0. The van der Waals surface area contributed by atoms with Crippen molar-refractivity contribution in [1.29, 1.82) is 0 Å². The molecule has 2 aromatic rings. The topological polar surface area (TPSA) is 80.8 Å². The van der Waals surface area contributed by atoms with E-state index in [2.05, 4.69) is 0 Å². The standard InChI is InChI=1S/C20H18F5NO5S2/c1-32(27,28)26-10-2-9-19(16(26)11-31-18-15(22)8-7-14(21)17(18)19)33(29,30)13-5-3-12(4-6-13)20(23,24)25/h3-8,16H,2,9-11H2,1H3/t16-,19+/m1/s1. The Labute approximate surface area is 186 Å². The molecule has 0 saturated carbocycles. The van der Waals surface area contributed by atoms with Gasteiger partial charge in [0.25, 0.3) is 0 Å². The largest absolute Gasteiger partial charge is 0.488 e. The summed E-state index contributed by atoms with van der Waals surface area (Å²) >= 11 is 0. The van der Waals surface area contributed by atoms with Crippen molar-refractivity contribution >= 4 is 19.9 Å². The summed E-state index contributed by atoms with van der Waals surface area (Å²) in [6, 6.07) is 2.60. The summed E-state index contributed by atoms with van der Waals surface area (Å²) in [6.45, 7) is -0.663. The van der Waals surface area contributed by atoms with E-state index in [1.54, 1.807) is 0 Å². The van der Waals surface area contributed by atoms with Crippen LogP contribution in [0.25, 0.3) is 0 Å². The highest BCUT2D eigenvalue weighted by Crippen LogP contribution is 2.54. The van der Waals surface area contributed by atoms with Crippen molar-refractivity contribution in [3.8, 4) is 5.75 Å². The van der Waals surface area contributed by atoms with Crippen molar-refractivity contribution in [2.45, 2.75) is 34.7 Å². The zero-order chi connectivity index (χ0) is 24.4. The Bertz CT molecular complexity index is 1310. The van der Waals surface area contributed by atoms with Crippen LogP contribution in [0.4, 0.5) is 22.0 Å². The van der Waals surface area contributed by atoms with E-state index in [4.69, 9.17) is 4.74 Å². The fraction of sp³-hybridized carbons (Fsp3) is 0.400. The van der Waals surface area contributed by atoms with Gasteiger partial charge in [-0.25, -0.2) is 25.6 Å². The number of benzene rings is 2. The number of sulfonamides is 1. The van der Waals surface area contributed by atoms with Crippen molar-refractivity contribution in [2.24, 2.45) is 0 Å². The number of hydrogen-bond donors (Lipinski definition) is 0. The van der Waals surface area contributed by atoms with Crippen LogP contribution >= 0.6 is 0 Å². The third-order valence-corrected chi connectivity index (χ3v) is 9.90. The van der Waals surface area contributed by atoms with Crippen LogP contribution in [0.15, 0.2) is 41.3 Å². The number of alkyl halides is 3. The van der Waals surface area contributed by atoms with Gasteiger partial charge in [0, 0.05) is 6.54 Å². The molecule has 4 rings (SSSR count). The summed E-state index contributed by atoms with van der Waals surface area (Å²) in [7, 11) is -8.76. The average Bonchev–Trinajstić information content (AvgIpc) is 2.74. The Morgan fingerprint density at radius 3 is 2.18 bits per heavy atom. The van der Waals surface area contributed by atoms with Crippen LogP contribution in [0.5, 0.6) is 5.75 Å². The van der Waals surface area contributed by atoms with Gasteiger partial charge in [-0.2, -0.15) is 17.5 Å². The SMILES string of the molecule is CS(=O)(=O)N1CCC[C@@]2(S(=O)(=O)c3ccc(C(F)(F)F)cc3)c3c(F)ccc(F)c3OC[C@@H]12. The summed E-state index contributed by atoms with van der Waals surface area (Å²) in [5, 5.41) is 0.